The average Bonchev–Trinajstić information content (AvgIpc) is 2.65. The second-order valence-electron chi connectivity index (χ2n) is 3.50. The minimum absolute atomic E-state index is 0.215. The Hall–Kier alpha value is -1.29. The molecule has 1 aliphatic heterocycles. The SMILES string of the molecule is [B]C1C[C@H](OC(=O)c2ccccc2)CO1. The number of ether oxygens (including phenoxy) is 2. The van der Waals surface area contributed by atoms with E-state index < -0.39 is 0 Å². The van der Waals surface area contributed by atoms with E-state index in [1.54, 1.807) is 24.3 Å². The summed E-state index contributed by atoms with van der Waals surface area (Å²) in [7, 11) is 5.53. The van der Waals surface area contributed by atoms with Crippen LogP contribution in [-0.4, -0.2) is 32.5 Å². The predicted molar refractivity (Wildman–Crippen MR) is 55.8 cm³/mol. The van der Waals surface area contributed by atoms with Crippen molar-refractivity contribution in [2.75, 3.05) is 6.61 Å². The highest BCUT2D eigenvalue weighted by Crippen LogP contribution is 2.15. The van der Waals surface area contributed by atoms with E-state index in [2.05, 4.69) is 0 Å². The summed E-state index contributed by atoms with van der Waals surface area (Å²) in [4.78, 5) is 11.6. The standard InChI is InChI=1S/C11H11BO3/c12-10-6-9(7-14-10)15-11(13)8-4-2-1-3-5-8/h1-5,9-10H,6-7H2/t9-,10?/m0/s1. The summed E-state index contributed by atoms with van der Waals surface area (Å²) in [5, 5.41) is 0. The third kappa shape index (κ3) is 2.60. The number of carbonyl (C=O) groups is 1. The Bertz CT molecular complexity index is 339. The van der Waals surface area contributed by atoms with Gasteiger partial charge in [0.1, 0.15) is 14.0 Å². The lowest BCUT2D eigenvalue weighted by Crippen LogP contribution is -2.18. The minimum Gasteiger partial charge on any atom is -0.456 e. The molecule has 2 radical (unpaired) electrons. The zero-order valence-electron chi connectivity index (χ0n) is 8.26. The van der Waals surface area contributed by atoms with Gasteiger partial charge in [-0.1, -0.05) is 18.2 Å². The van der Waals surface area contributed by atoms with Crippen LogP contribution in [0.2, 0.25) is 0 Å². The van der Waals surface area contributed by atoms with Crippen LogP contribution in [0.15, 0.2) is 30.3 Å². The molecule has 1 fully saturated rings. The van der Waals surface area contributed by atoms with Crippen molar-refractivity contribution in [3.05, 3.63) is 35.9 Å². The minimum atomic E-state index is -0.321. The maximum atomic E-state index is 11.6. The molecule has 76 valence electrons. The maximum Gasteiger partial charge on any atom is 0.338 e. The molecule has 0 aliphatic carbocycles. The molecule has 1 unspecified atom stereocenters. The summed E-state index contributed by atoms with van der Waals surface area (Å²) >= 11 is 0. The van der Waals surface area contributed by atoms with Crippen LogP contribution in [0.5, 0.6) is 0 Å². The fraction of sp³-hybridized carbons (Fsp3) is 0.364. The molecule has 1 aliphatic rings. The van der Waals surface area contributed by atoms with Crippen molar-refractivity contribution in [2.24, 2.45) is 0 Å². The maximum absolute atomic E-state index is 11.6. The van der Waals surface area contributed by atoms with Crippen molar-refractivity contribution >= 4 is 13.8 Å². The Labute approximate surface area is 89.8 Å². The van der Waals surface area contributed by atoms with Crippen molar-refractivity contribution in [3.8, 4) is 0 Å². The molecule has 2 atom stereocenters. The van der Waals surface area contributed by atoms with Crippen LogP contribution in [0.1, 0.15) is 16.8 Å². The quantitative estimate of drug-likeness (QED) is 0.532. The van der Waals surface area contributed by atoms with E-state index in [9.17, 15) is 4.79 Å². The number of esters is 1. The fourth-order valence-electron chi connectivity index (χ4n) is 1.50. The summed E-state index contributed by atoms with van der Waals surface area (Å²) in [6.45, 7) is 0.389. The molecule has 1 heterocycles. The Morgan fingerprint density at radius 1 is 1.40 bits per heavy atom. The van der Waals surface area contributed by atoms with Gasteiger partial charge in [-0.25, -0.2) is 4.79 Å². The van der Waals surface area contributed by atoms with Crippen molar-refractivity contribution in [1.29, 1.82) is 0 Å². The van der Waals surface area contributed by atoms with Gasteiger partial charge in [-0.15, -0.1) is 0 Å². The van der Waals surface area contributed by atoms with Crippen molar-refractivity contribution < 1.29 is 14.3 Å². The molecular formula is C11H11BO3. The molecule has 1 aromatic carbocycles. The summed E-state index contributed by atoms with van der Waals surface area (Å²) in [6, 6.07) is 8.58. The Kier molecular flexibility index (Phi) is 3.06. The highest BCUT2D eigenvalue weighted by molar-refractivity contribution is 6.11. The summed E-state index contributed by atoms with van der Waals surface area (Å²) in [5.41, 5.74) is 0.554. The van der Waals surface area contributed by atoms with Crippen molar-refractivity contribution in [3.63, 3.8) is 0 Å². The van der Waals surface area contributed by atoms with Crippen LogP contribution in [0, 0.1) is 0 Å². The van der Waals surface area contributed by atoms with Gasteiger partial charge in [0.05, 0.1) is 12.2 Å². The predicted octanol–water partition coefficient (Wildman–Crippen LogP) is 1.13. The van der Waals surface area contributed by atoms with Crippen LogP contribution in [0.4, 0.5) is 0 Å². The largest absolute Gasteiger partial charge is 0.456 e. The van der Waals surface area contributed by atoms with Gasteiger partial charge >= 0.3 is 5.97 Å². The smallest absolute Gasteiger partial charge is 0.338 e. The molecule has 0 saturated carbocycles. The van der Waals surface area contributed by atoms with Gasteiger partial charge in [0.15, 0.2) is 0 Å². The van der Waals surface area contributed by atoms with E-state index in [0.29, 0.717) is 18.6 Å². The van der Waals surface area contributed by atoms with Gasteiger partial charge in [0.2, 0.25) is 0 Å². The molecule has 1 saturated heterocycles. The molecule has 1 aromatic rings. The molecule has 15 heavy (non-hydrogen) atoms. The first kappa shape index (κ1) is 10.2. The molecule has 0 spiro atoms. The number of hydrogen-bond donors (Lipinski definition) is 0. The number of rotatable bonds is 2. The third-order valence-electron chi connectivity index (χ3n) is 2.27. The molecule has 2 rings (SSSR count). The van der Waals surface area contributed by atoms with E-state index in [1.807, 2.05) is 6.07 Å². The molecule has 0 aromatic heterocycles. The van der Waals surface area contributed by atoms with Crippen LogP contribution < -0.4 is 0 Å². The lowest BCUT2D eigenvalue weighted by atomic mass is 9.97. The van der Waals surface area contributed by atoms with Gasteiger partial charge in [-0.3, -0.25) is 0 Å². The lowest BCUT2D eigenvalue weighted by Gasteiger charge is -2.09. The zero-order chi connectivity index (χ0) is 10.7. The van der Waals surface area contributed by atoms with Gasteiger partial charge in [0.25, 0.3) is 0 Å². The first-order valence-electron chi connectivity index (χ1n) is 4.89. The van der Waals surface area contributed by atoms with E-state index in [4.69, 9.17) is 17.3 Å². The van der Waals surface area contributed by atoms with Gasteiger partial charge in [0, 0.05) is 12.4 Å². The first-order chi connectivity index (χ1) is 7.25. The first-order valence-corrected chi connectivity index (χ1v) is 4.89. The molecule has 0 amide bonds. The third-order valence-corrected chi connectivity index (χ3v) is 2.27. The second-order valence-corrected chi connectivity index (χ2v) is 3.50. The normalized spacial score (nSPS) is 25.1. The van der Waals surface area contributed by atoms with Gasteiger partial charge in [-0.2, -0.15) is 0 Å². The number of carbonyl (C=O) groups excluding carboxylic acids is 1. The van der Waals surface area contributed by atoms with E-state index in [1.165, 1.54) is 0 Å². The fourth-order valence-corrected chi connectivity index (χ4v) is 1.50. The second kappa shape index (κ2) is 4.49. The number of hydrogen-bond acceptors (Lipinski definition) is 3. The molecule has 0 bridgehead atoms. The molecule has 3 nitrogen and oxygen atoms in total. The molecule has 0 N–H and O–H groups in total. The lowest BCUT2D eigenvalue weighted by molar-refractivity contribution is 0.0267. The highest BCUT2D eigenvalue weighted by Gasteiger charge is 2.25. The Balaban J connectivity index is 1.93. The molecular weight excluding hydrogens is 191 g/mol. The van der Waals surface area contributed by atoms with Gasteiger partial charge < -0.3 is 9.47 Å². The summed E-state index contributed by atoms with van der Waals surface area (Å²) in [5.74, 6) is -0.321. The number of benzene rings is 1. The van der Waals surface area contributed by atoms with E-state index in [0.717, 1.165) is 0 Å². The highest BCUT2D eigenvalue weighted by atomic mass is 16.6. The van der Waals surface area contributed by atoms with E-state index >= 15 is 0 Å². The van der Waals surface area contributed by atoms with Gasteiger partial charge in [-0.05, 0) is 12.1 Å². The van der Waals surface area contributed by atoms with Crippen molar-refractivity contribution in [2.45, 2.75) is 18.5 Å². The Morgan fingerprint density at radius 2 is 2.13 bits per heavy atom. The van der Waals surface area contributed by atoms with Crippen LogP contribution in [0.25, 0.3) is 0 Å². The Morgan fingerprint density at radius 3 is 2.73 bits per heavy atom. The summed E-state index contributed by atoms with van der Waals surface area (Å²) in [6.07, 6.45) is 0.353. The van der Waals surface area contributed by atoms with Crippen LogP contribution in [-0.2, 0) is 9.47 Å². The van der Waals surface area contributed by atoms with Crippen molar-refractivity contribution in [1.82, 2.24) is 0 Å². The van der Waals surface area contributed by atoms with Crippen LogP contribution >= 0.6 is 0 Å². The van der Waals surface area contributed by atoms with E-state index in [-0.39, 0.29) is 18.1 Å². The molecule has 4 heteroatoms. The topological polar surface area (TPSA) is 35.5 Å². The zero-order valence-corrected chi connectivity index (χ0v) is 8.26. The average molecular weight is 202 g/mol. The monoisotopic (exact) mass is 202 g/mol. The van der Waals surface area contributed by atoms with Crippen LogP contribution in [0.3, 0.4) is 0 Å². The summed E-state index contributed by atoms with van der Waals surface area (Å²) < 4.78 is 10.3.